The quantitative estimate of drug-likeness (QED) is 0.813. The molecule has 0 fully saturated rings. The summed E-state index contributed by atoms with van der Waals surface area (Å²) in [6, 6.07) is 0. The van der Waals surface area contributed by atoms with Crippen molar-refractivity contribution in [1.82, 2.24) is 14.9 Å². The number of anilines is 1. The van der Waals surface area contributed by atoms with Crippen molar-refractivity contribution in [2.45, 2.75) is 19.8 Å². The van der Waals surface area contributed by atoms with E-state index in [4.69, 9.17) is 11.6 Å². The fourth-order valence-electron chi connectivity index (χ4n) is 1.33. The Morgan fingerprint density at radius 3 is 2.76 bits per heavy atom. The first-order valence-corrected chi connectivity index (χ1v) is 5.87. The maximum atomic E-state index is 11.5. The van der Waals surface area contributed by atoms with Gasteiger partial charge in [0, 0.05) is 19.7 Å². The van der Waals surface area contributed by atoms with Gasteiger partial charge in [0.1, 0.15) is 17.3 Å². The molecule has 1 heterocycles. The monoisotopic (exact) mass is 256 g/mol. The SMILES string of the molecule is CCCc1c(Cl)ncnc1NCC(=O)N(C)C. The number of carbonyl (C=O) groups excluding carboxylic acids is 1. The number of amides is 1. The van der Waals surface area contributed by atoms with E-state index in [0.717, 1.165) is 18.4 Å². The molecule has 0 aliphatic rings. The summed E-state index contributed by atoms with van der Waals surface area (Å²) in [5.41, 5.74) is 0.864. The first-order chi connectivity index (χ1) is 8.06. The highest BCUT2D eigenvalue weighted by molar-refractivity contribution is 6.30. The Balaban J connectivity index is 2.76. The molecule has 94 valence electrons. The summed E-state index contributed by atoms with van der Waals surface area (Å²) in [5.74, 6) is 0.629. The predicted molar refractivity (Wildman–Crippen MR) is 68.2 cm³/mol. The molecule has 5 nitrogen and oxygen atoms in total. The van der Waals surface area contributed by atoms with Gasteiger partial charge in [-0.25, -0.2) is 9.97 Å². The molecule has 0 atom stereocenters. The molecule has 0 aliphatic heterocycles. The van der Waals surface area contributed by atoms with Crippen LogP contribution < -0.4 is 5.32 Å². The third-order valence-electron chi connectivity index (χ3n) is 2.30. The summed E-state index contributed by atoms with van der Waals surface area (Å²) in [6.07, 6.45) is 3.13. The maximum Gasteiger partial charge on any atom is 0.241 e. The molecule has 1 amide bonds. The molecule has 0 saturated carbocycles. The minimum Gasteiger partial charge on any atom is -0.361 e. The molecule has 0 unspecified atom stereocenters. The van der Waals surface area contributed by atoms with Crippen molar-refractivity contribution >= 4 is 23.3 Å². The van der Waals surface area contributed by atoms with E-state index in [2.05, 4.69) is 22.2 Å². The highest BCUT2D eigenvalue weighted by atomic mass is 35.5. The number of halogens is 1. The Hall–Kier alpha value is -1.36. The molecule has 0 spiro atoms. The zero-order chi connectivity index (χ0) is 12.8. The van der Waals surface area contributed by atoms with Gasteiger partial charge in [-0.2, -0.15) is 0 Å². The van der Waals surface area contributed by atoms with E-state index in [0.29, 0.717) is 11.0 Å². The van der Waals surface area contributed by atoms with Crippen molar-refractivity contribution in [3.8, 4) is 0 Å². The van der Waals surface area contributed by atoms with Crippen molar-refractivity contribution in [2.24, 2.45) is 0 Å². The fourth-order valence-corrected chi connectivity index (χ4v) is 1.56. The van der Waals surface area contributed by atoms with E-state index in [9.17, 15) is 4.79 Å². The molecule has 1 rings (SSSR count). The normalized spacial score (nSPS) is 10.1. The van der Waals surface area contributed by atoms with Crippen LogP contribution in [0, 0.1) is 0 Å². The molecule has 1 N–H and O–H groups in total. The Kier molecular flexibility index (Phi) is 5.15. The number of hydrogen-bond acceptors (Lipinski definition) is 4. The topological polar surface area (TPSA) is 58.1 Å². The van der Waals surface area contributed by atoms with Crippen LogP contribution in [0.1, 0.15) is 18.9 Å². The Morgan fingerprint density at radius 1 is 1.47 bits per heavy atom. The number of nitrogens with one attached hydrogen (secondary N) is 1. The minimum atomic E-state index is -0.0119. The van der Waals surface area contributed by atoms with Crippen LogP contribution in [0.25, 0.3) is 0 Å². The average Bonchev–Trinajstić information content (AvgIpc) is 2.29. The van der Waals surface area contributed by atoms with Crippen molar-refractivity contribution in [3.05, 3.63) is 17.0 Å². The largest absolute Gasteiger partial charge is 0.361 e. The zero-order valence-electron chi connectivity index (χ0n) is 10.3. The van der Waals surface area contributed by atoms with Gasteiger partial charge in [0.2, 0.25) is 5.91 Å². The third-order valence-corrected chi connectivity index (χ3v) is 2.62. The first kappa shape index (κ1) is 13.7. The van der Waals surface area contributed by atoms with Crippen LogP contribution in [0.2, 0.25) is 5.15 Å². The van der Waals surface area contributed by atoms with E-state index in [1.165, 1.54) is 11.2 Å². The lowest BCUT2D eigenvalue weighted by Gasteiger charge is -2.13. The van der Waals surface area contributed by atoms with Gasteiger partial charge >= 0.3 is 0 Å². The van der Waals surface area contributed by atoms with Crippen molar-refractivity contribution < 1.29 is 4.79 Å². The van der Waals surface area contributed by atoms with Gasteiger partial charge in [-0.3, -0.25) is 4.79 Å². The average molecular weight is 257 g/mol. The number of likely N-dealkylation sites (N-methyl/N-ethyl adjacent to an activating group) is 1. The predicted octanol–water partition coefficient (Wildman–Crippen LogP) is 1.58. The second kappa shape index (κ2) is 6.39. The summed E-state index contributed by atoms with van der Waals surface area (Å²) >= 11 is 6.00. The lowest BCUT2D eigenvalue weighted by atomic mass is 10.2. The van der Waals surface area contributed by atoms with E-state index in [-0.39, 0.29) is 12.5 Å². The van der Waals surface area contributed by atoms with Crippen LogP contribution in [0.15, 0.2) is 6.33 Å². The number of carbonyl (C=O) groups is 1. The van der Waals surface area contributed by atoms with Crippen LogP contribution in [-0.4, -0.2) is 41.4 Å². The smallest absolute Gasteiger partial charge is 0.241 e. The van der Waals surface area contributed by atoms with Crippen LogP contribution in [-0.2, 0) is 11.2 Å². The second-order valence-electron chi connectivity index (χ2n) is 3.88. The molecule has 1 aromatic heterocycles. The van der Waals surface area contributed by atoms with E-state index >= 15 is 0 Å². The highest BCUT2D eigenvalue weighted by Crippen LogP contribution is 2.21. The molecule has 1 aromatic rings. The van der Waals surface area contributed by atoms with Crippen molar-refractivity contribution in [3.63, 3.8) is 0 Å². The third kappa shape index (κ3) is 3.85. The number of aromatic nitrogens is 2. The van der Waals surface area contributed by atoms with E-state index in [1.807, 2.05) is 0 Å². The first-order valence-electron chi connectivity index (χ1n) is 5.49. The second-order valence-corrected chi connectivity index (χ2v) is 4.24. The molecular formula is C11H17ClN4O. The van der Waals surface area contributed by atoms with Gasteiger partial charge in [-0.1, -0.05) is 24.9 Å². The standard InChI is InChI=1S/C11H17ClN4O/c1-4-5-8-10(12)14-7-15-11(8)13-6-9(17)16(2)3/h7H,4-6H2,1-3H3,(H,13,14,15). The number of nitrogens with zero attached hydrogens (tertiary/aromatic N) is 3. The Bertz CT molecular complexity index is 395. The van der Waals surface area contributed by atoms with Crippen LogP contribution in [0.3, 0.4) is 0 Å². The molecule has 0 saturated heterocycles. The Morgan fingerprint density at radius 2 is 2.18 bits per heavy atom. The summed E-state index contributed by atoms with van der Waals surface area (Å²) in [5, 5.41) is 3.44. The fraction of sp³-hybridized carbons (Fsp3) is 0.545. The molecule has 0 aromatic carbocycles. The maximum absolute atomic E-state index is 11.5. The highest BCUT2D eigenvalue weighted by Gasteiger charge is 2.10. The van der Waals surface area contributed by atoms with Gasteiger partial charge in [-0.15, -0.1) is 0 Å². The van der Waals surface area contributed by atoms with Crippen LogP contribution >= 0.6 is 11.6 Å². The molecule has 17 heavy (non-hydrogen) atoms. The van der Waals surface area contributed by atoms with Gasteiger partial charge in [0.25, 0.3) is 0 Å². The Labute approximate surface area is 106 Å². The summed E-state index contributed by atoms with van der Waals surface area (Å²) in [7, 11) is 3.42. The van der Waals surface area contributed by atoms with Gasteiger partial charge in [-0.05, 0) is 6.42 Å². The summed E-state index contributed by atoms with van der Waals surface area (Å²) < 4.78 is 0. The van der Waals surface area contributed by atoms with Crippen molar-refractivity contribution in [1.29, 1.82) is 0 Å². The minimum absolute atomic E-state index is 0.0119. The van der Waals surface area contributed by atoms with E-state index < -0.39 is 0 Å². The zero-order valence-corrected chi connectivity index (χ0v) is 11.1. The molecule has 0 radical (unpaired) electrons. The number of rotatable bonds is 5. The van der Waals surface area contributed by atoms with Gasteiger partial charge < -0.3 is 10.2 Å². The lowest BCUT2D eigenvalue weighted by Crippen LogP contribution is -2.29. The lowest BCUT2D eigenvalue weighted by molar-refractivity contribution is -0.126. The van der Waals surface area contributed by atoms with Crippen LogP contribution in [0.4, 0.5) is 5.82 Å². The molecule has 6 heteroatoms. The van der Waals surface area contributed by atoms with Crippen molar-refractivity contribution in [2.75, 3.05) is 26.0 Å². The molecule has 0 bridgehead atoms. The summed E-state index contributed by atoms with van der Waals surface area (Å²) in [6.45, 7) is 2.26. The van der Waals surface area contributed by atoms with Gasteiger partial charge in [0.15, 0.2) is 0 Å². The van der Waals surface area contributed by atoms with E-state index in [1.54, 1.807) is 14.1 Å². The number of hydrogen-bond donors (Lipinski definition) is 1. The summed E-state index contributed by atoms with van der Waals surface area (Å²) in [4.78, 5) is 21.0. The van der Waals surface area contributed by atoms with Crippen LogP contribution in [0.5, 0.6) is 0 Å². The molecular weight excluding hydrogens is 240 g/mol. The molecule has 0 aliphatic carbocycles. The van der Waals surface area contributed by atoms with Gasteiger partial charge in [0.05, 0.1) is 6.54 Å².